The molecular weight excluding hydrogens is 307 g/mol. The number of aliphatic hydroxyl groups is 1. The van der Waals surface area contributed by atoms with Crippen molar-refractivity contribution in [3.63, 3.8) is 0 Å². The van der Waals surface area contributed by atoms with Crippen molar-refractivity contribution in [2.45, 2.75) is 26.2 Å². The largest absolute Gasteiger partial charge is 0.544 e. The molecule has 0 bridgehead atoms. The molecule has 4 heteroatoms. The fourth-order valence-electron chi connectivity index (χ4n) is 1.05. The summed E-state index contributed by atoms with van der Waals surface area (Å²) in [6, 6.07) is 5.81. The summed E-state index contributed by atoms with van der Waals surface area (Å²) in [6.07, 6.45) is 0. The zero-order chi connectivity index (χ0) is 10.8. The summed E-state index contributed by atoms with van der Waals surface area (Å²) in [4.78, 5) is 0. The van der Waals surface area contributed by atoms with Crippen molar-refractivity contribution >= 4 is 30.9 Å². The van der Waals surface area contributed by atoms with Gasteiger partial charge in [0.1, 0.15) is 5.75 Å². The van der Waals surface area contributed by atoms with E-state index in [0.29, 0.717) is 0 Å². The third-order valence-electron chi connectivity index (χ3n) is 1.59. The van der Waals surface area contributed by atoms with E-state index in [9.17, 15) is 0 Å². The van der Waals surface area contributed by atoms with Crippen LogP contribution in [0.5, 0.6) is 5.75 Å². The first-order valence-electron chi connectivity index (χ1n) is 4.51. The average Bonchev–Trinajstić information content (AvgIpc) is 2.06. The predicted octanol–water partition coefficient (Wildman–Crippen LogP) is 3.00. The Morgan fingerprint density at radius 2 is 2.00 bits per heavy atom. The molecular formula is C10H15IO2Si. The Kier molecular flexibility index (Phi) is 3.97. The first kappa shape index (κ1) is 12.0. The highest BCUT2D eigenvalue weighted by Gasteiger charge is 2.17. The van der Waals surface area contributed by atoms with Crippen molar-refractivity contribution in [1.82, 2.24) is 0 Å². The van der Waals surface area contributed by atoms with E-state index in [0.717, 1.165) is 14.9 Å². The molecule has 0 atom stereocenters. The van der Waals surface area contributed by atoms with Crippen LogP contribution in [-0.2, 0) is 6.61 Å². The van der Waals surface area contributed by atoms with E-state index in [-0.39, 0.29) is 6.61 Å². The van der Waals surface area contributed by atoms with Gasteiger partial charge in [-0.05, 0) is 59.9 Å². The number of aliphatic hydroxyl groups excluding tert-OH is 1. The number of rotatable bonds is 3. The zero-order valence-corrected chi connectivity index (χ0v) is 11.8. The van der Waals surface area contributed by atoms with Crippen LogP contribution in [0.3, 0.4) is 0 Å². The van der Waals surface area contributed by atoms with Gasteiger partial charge in [-0.15, -0.1) is 0 Å². The molecule has 0 heterocycles. The number of halogens is 1. The monoisotopic (exact) mass is 322 g/mol. The lowest BCUT2D eigenvalue weighted by Gasteiger charge is -2.20. The summed E-state index contributed by atoms with van der Waals surface area (Å²) in [5.41, 5.74) is 0.902. The third kappa shape index (κ3) is 3.59. The molecule has 1 rings (SSSR count). The zero-order valence-electron chi connectivity index (χ0n) is 8.67. The number of hydrogen-bond acceptors (Lipinski definition) is 2. The summed E-state index contributed by atoms with van der Waals surface area (Å²) in [6.45, 7) is 6.51. The van der Waals surface area contributed by atoms with E-state index in [2.05, 4.69) is 42.2 Å². The standard InChI is InChI=1S/C10H15IO2Si/c1-14(2,3)13-10-6-8(7-12)4-5-9(10)11/h4-6,12H,7H2,1-3H3. The number of hydrogen-bond donors (Lipinski definition) is 1. The molecule has 1 aromatic carbocycles. The molecule has 1 aromatic rings. The van der Waals surface area contributed by atoms with Gasteiger partial charge in [0.2, 0.25) is 8.32 Å². The summed E-state index contributed by atoms with van der Waals surface area (Å²) < 4.78 is 6.99. The lowest BCUT2D eigenvalue weighted by atomic mass is 10.2. The van der Waals surface area contributed by atoms with Crippen LogP contribution in [0.1, 0.15) is 5.56 Å². The van der Waals surface area contributed by atoms with Crippen molar-refractivity contribution in [1.29, 1.82) is 0 Å². The summed E-state index contributed by atoms with van der Waals surface area (Å²) in [5.74, 6) is 0.899. The highest BCUT2D eigenvalue weighted by atomic mass is 127. The summed E-state index contributed by atoms with van der Waals surface area (Å²) in [7, 11) is -1.55. The van der Waals surface area contributed by atoms with Crippen LogP contribution in [0.2, 0.25) is 19.6 Å². The van der Waals surface area contributed by atoms with Crippen molar-refractivity contribution in [3.8, 4) is 5.75 Å². The summed E-state index contributed by atoms with van der Waals surface area (Å²) >= 11 is 2.25. The van der Waals surface area contributed by atoms with E-state index in [1.165, 1.54) is 0 Å². The van der Waals surface area contributed by atoms with Crippen molar-refractivity contribution in [2.75, 3.05) is 0 Å². The van der Waals surface area contributed by atoms with Crippen LogP contribution < -0.4 is 4.43 Å². The van der Waals surface area contributed by atoms with E-state index < -0.39 is 8.32 Å². The molecule has 0 spiro atoms. The third-order valence-corrected chi connectivity index (χ3v) is 3.32. The highest BCUT2D eigenvalue weighted by Crippen LogP contribution is 2.25. The molecule has 0 aliphatic carbocycles. The van der Waals surface area contributed by atoms with Gasteiger partial charge < -0.3 is 9.53 Å². The van der Waals surface area contributed by atoms with Gasteiger partial charge in [-0.25, -0.2) is 0 Å². The topological polar surface area (TPSA) is 29.5 Å². The molecule has 2 nitrogen and oxygen atoms in total. The Morgan fingerprint density at radius 1 is 1.36 bits per heavy atom. The molecule has 0 unspecified atom stereocenters. The lowest BCUT2D eigenvalue weighted by molar-refractivity contribution is 0.281. The van der Waals surface area contributed by atoms with Crippen LogP contribution in [-0.4, -0.2) is 13.4 Å². The first-order valence-corrected chi connectivity index (χ1v) is 8.99. The fourth-order valence-corrected chi connectivity index (χ4v) is 2.54. The minimum Gasteiger partial charge on any atom is -0.544 e. The maximum Gasteiger partial charge on any atom is 0.242 e. The Morgan fingerprint density at radius 3 is 2.50 bits per heavy atom. The molecule has 1 N–H and O–H groups in total. The van der Waals surface area contributed by atoms with Gasteiger partial charge in [-0.1, -0.05) is 6.07 Å². The molecule has 0 radical (unpaired) electrons. The number of benzene rings is 1. The molecule has 0 saturated heterocycles. The van der Waals surface area contributed by atoms with E-state index in [1.54, 1.807) is 0 Å². The van der Waals surface area contributed by atoms with Gasteiger partial charge in [0.15, 0.2) is 0 Å². The average molecular weight is 322 g/mol. The second-order valence-electron chi connectivity index (χ2n) is 4.14. The van der Waals surface area contributed by atoms with Crippen LogP contribution in [0, 0.1) is 3.57 Å². The lowest BCUT2D eigenvalue weighted by Crippen LogP contribution is -2.29. The van der Waals surface area contributed by atoms with Gasteiger partial charge in [0.25, 0.3) is 0 Å². The van der Waals surface area contributed by atoms with Crippen LogP contribution in [0.25, 0.3) is 0 Å². The quantitative estimate of drug-likeness (QED) is 0.685. The van der Waals surface area contributed by atoms with Crippen molar-refractivity contribution < 1.29 is 9.53 Å². The van der Waals surface area contributed by atoms with Gasteiger partial charge in [0, 0.05) is 0 Å². The van der Waals surface area contributed by atoms with Gasteiger partial charge in [0.05, 0.1) is 10.2 Å². The van der Waals surface area contributed by atoms with Gasteiger partial charge >= 0.3 is 0 Å². The van der Waals surface area contributed by atoms with Crippen LogP contribution in [0.15, 0.2) is 18.2 Å². The Hall–Kier alpha value is -0.0731. The second kappa shape index (κ2) is 4.63. The van der Waals surface area contributed by atoms with Gasteiger partial charge in [-0.2, -0.15) is 0 Å². The van der Waals surface area contributed by atoms with E-state index in [4.69, 9.17) is 9.53 Å². The molecule has 14 heavy (non-hydrogen) atoms. The molecule has 0 aromatic heterocycles. The van der Waals surface area contributed by atoms with E-state index in [1.807, 2.05) is 18.2 Å². The maximum atomic E-state index is 9.00. The minimum atomic E-state index is -1.55. The maximum absolute atomic E-state index is 9.00. The Bertz CT molecular complexity index is 320. The SMILES string of the molecule is C[Si](C)(C)Oc1cc(CO)ccc1I. The van der Waals surface area contributed by atoms with Crippen molar-refractivity contribution in [3.05, 3.63) is 27.3 Å². The normalized spacial score (nSPS) is 11.5. The van der Waals surface area contributed by atoms with Crippen molar-refractivity contribution in [2.24, 2.45) is 0 Å². The molecule has 0 fully saturated rings. The second-order valence-corrected chi connectivity index (χ2v) is 9.73. The molecule has 0 amide bonds. The molecule has 0 aliphatic rings. The molecule has 78 valence electrons. The highest BCUT2D eigenvalue weighted by molar-refractivity contribution is 14.1. The van der Waals surface area contributed by atoms with Crippen LogP contribution in [0.4, 0.5) is 0 Å². The fraction of sp³-hybridized carbons (Fsp3) is 0.400. The predicted molar refractivity (Wildman–Crippen MR) is 69.1 cm³/mol. The Labute approximate surface area is 99.6 Å². The summed E-state index contributed by atoms with van der Waals surface area (Å²) in [5, 5.41) is 9.00. The minimum absolute atomic E-state index is 0.0684. The van der Waals surface area contributed by atoms with Crippen LogP contribution >= 0.6 is 22.6 Å². The van der Waals surface area contributed by atoms with E-state index >= 15 is 0 Å². The Balaban J connectivity index is 2.95. The van der Waals surface area contributed by atoms with Gasteiger partial charge in [-0.3, -0.25) is 0 Å². The first-order chi connectivity index (χ1) is 6.42. The molecule has 0 saturated carbocycles. The smallest absolute Gasteiger partial charge is 0.242 e. The molecule has 0 aliphatic heterocycles.